The fourth-order valence-electron chi connectivity index (χ4n) is 3.46. The first-order valence-corrected chi connectivity index (χ1v) is 10.0. The van der Waals surface area contributed by atoms with Crippen molar-refractivity contribution in [3.63, 3.8) is 0 Å². The van der Waals surface area contributed by atoms with Gasteiger partial charge in [0.05, 0.1) is 6.61 Å². The van der Waals surface area contributed by atoms with E-state index >= 15 is 0 Å². The normalized spacial score (nSPS) is 14.7. The molecular formula is C23H30N2O2. The Morgan fingerprint density at radius 3 is 2.41 bits per heavy atom. The van der Waals surface area contributed by atoms with Gasteiger partial charge in [0.1, 0.15) is 5.75 Å². The molecule has 144 valence electrons. The summed E-state index contributed by atoms with van der Waals surface area (Å²) in [5.41, 5.74) is 2.55. The lowest BCUT2D eigenvalue weighted by Gasteiger charge is -2.27. The standard InChI is InChI=1S/C23H30N2O2/c26-23(14-9-17-27-22-12-3-1-4-13-22)24-18-20-10-5-6-11-21(20)19-25-15-7-2-8-16-25/h1,3-6,10-13H,2,7-9,14-19H2,(H,24,26). The lowest BCUT2D eigenvalue weighted by atomic mass is 10.0. The van der Waals surface area contributed by atoms with Crippen molar-refractivity contribution in [2.45, 2.75) is 45.2 Å². The second-order valence-electron chi connectivity index (χ2n) is 7.15. The van der Waals surface area contributed by atoms with Crippen LogP contribution in [0.4, 0.5) is 0 Å². The second-order valence-corrected chi connectivity index (χ2v) is 7.15. The van der Waals surface area contributed by atoms with Gasteiger partial charge in [-0.1, -0.05) is 48.9 Å². The number of ether oxygens (including phenoxy) is 1. The number of likely N-dealkylation sites (tertiary alicyclic amines) is 1. The molecule has 0 unspecified atom stereocenters. The first-order valence-electron chi connectivity index (χ1n) is 10.0. The van der Waals surface area contributed by atoms with Crippen molar-refractivity contribution >= 4 is 5.91 Å². The number of carbonyl (C=O) groups is 1. The van der Waals surface area contributed by atoms with Gasteiger partial charge in [-0.25, -0.2) is 0 Å². The Kier molecular flexibility index (Phi) is 7.72. The van der Waals surface area contributed by atoms with Crippen molar-refractivity contribution < 1.29 is 9.53 Å². The Labute approximate surface area is 162 Å². The molecule has 27 heavy (non-hydrogen) atoms. The Bertz CT molecular complexity index is 697. The highest BCUT2D eigenvalue weighted by Crippen LogP contribution is 2.16. The molecule has 2 aromatic rings. The van der Waals surface area contributed by atoms with Crippen molar-refractivity contribution in [2.24, 2.45) is 0 Å². The van der Waals surface area contributed by atoms with E-state index in [2.05, 4.69) is 34.5 Å². The smallest absolute Gasteiger partial charge is 0.220 e. The van der Waals surface area contributed by atoms with E-state index < -0.39 is 0 Å². The molecule has 1 amide bonds. The van der Waals surface area contributed by atoms with Crippen LogP contribution < -0.4 is 10.1 Å². The minimum absolute atomic E-state index is 0.0828. The van der Waals surface area contributed by atoms with E-state index in [4.69, 9.17) is 4.74 Å². The summed E-state index contributed by atoms with van der Waals surface area (Å²) in [5, 5.41) is 3.06. The predicted molar refractivity (Wildman–Crippen MR) is 109 cm³/mol. The van der Waals surface area contributed by atoms with Crippen LogP contribution in [-0.4, -0.2) is 30.5 Å². The number of carbonyl (C=O) groups excluding carboxylic acids is 1. The minimum atomic E-state index is 0.0828. The molecule has 4 nitrogen and oxygen atoms in total. The van der Waals surface area contributed by atoms with Crippen LogP contribution in [0.3, 0.4) is 0 Å². The molecule has 2 aromatic carbocycles. The summed E-state index contributed by atoms with van der Waals surface area (Å²) >= 11 is 0. The third-order valence-electron chi connectivity index (χ3n) is 5.00. The number of nitrogens with zero attached hydrogens (tertiary/aromatic N) is 1. The minimum Gasteiger partial charge on any atom is -0.494 e. The summed E-state index contributed by atoms with van der Waals surface area (Å²) in [5.74, 6) is 0.934. The van der Waals surface area contributed by atoms with Gasteiger partial charge in [0.2, 0.25) is 5.91 Å². The monoisotopic (exact) mass is 366 g/mol. The Morgan fingerprint density at radius 2 is 1.63 bits per heavy atom. The van der Waals surface area contributed by atoms with Crippen molar-refractivity contribution in [3.05, 3.63) is 65.7 Å². The Morgan fingerprint density at radius 1 is 0.926 bits per heavy atom. The number of hydrogen-bond acceptors (Lipinski definition) is 3. The average Bonchev–Trinajstić information content (AvgIpc) is 2.72. The van der Waals surface area contributed by atoms with Crippen LogP contribution in [-0.2, 0) is 17.9 Å². The molecular weight excluding hydrogens is 336 g/mol. The number of piperidine rings is 1. The van der Waals surface area contributed by atoms with Crippen LogP contribution in [0.25, 0.3) is 0 Å². The fourth-order valence-corrected chi connectivity index (χ4v) is 3.46. The zero-order chi connectivity index (χ0) is 18.7. The molecule has 1 N–H and O–H groups in total. The molecule has 1 aliphatic rings. The van der Waals surface area contributed by atoms with Crippen LogP contribution in [0, 0.1) is 0 Å². The van der Waals surface area contributed by atoms with Gasteiger partial charge in [-0.15, -0.1) is 0 Å². The molecule has 0 radical (unpaired) electrons. The third-order valence-corrected chi connectivity index (χ3v) is 5.00. The number of nitrogens with one attached hydrogen (secondary N) is 1. The summed E-state index contributed by atoms with van der Waals surface area (Å²) < 4.78 is 5.64. The molecule has 1 saturated heterocycles. The topological polar surface area (TPSA) is 41.6 Å². The van der Waals surface area contributed by atoms with Gasteiger partial charge < -0.3 is 10.1 Å². The summed E-state index contributed by atoms with van der Waals surface area (Å²) in [6.45, 7) is 4.51. The zero-order valence-electron chi connectivity index (χ0n) is 16.0. The van der Waals surface area contributed by atoms with Gasteiger partial charge >= 0.3 is 0 Å². The molecule has 0 aromatic heterocycles. The lowest BCUT2D eigenvalue weighted by Crippen LogP contribution is -2.30. The van der Waals surface area contributed by atoms with E-state index in [-0.39, 0.29) is 5.91 Å². The third kappa shape index (κ3) is 6.72. The molecule has 1 fully saturated rings. The predicted octanol–water partition coefficient (Wildman–Crippen LogP) is 4.15. The quantitative estimate of drug-likeness (QED) is 0.678. The number of para-hydroxylation sites is 1. The van der Waals surface area contributed by atoms with Gasteiger partial charge in [0.15, 0.2) is 0 Å². The molecule has 0 aliphatic carbocycles. The van der Waals surface area contributed by atoms with Crippen LogP contribution in [0.15, 0.2) is 54.6 Å². The number of benzene rings is 2. The molecule has 0 spiro atoms. The number of rotatable bonds is 9. The van der Waals surface area contributed by atoms with Gasteiger partial charge in [-0.2, -0.15) is 0 Å². The van der Waals surface area contributed by atoms with Crippen LogP contribution in [0.1, 0.15) is 43.2 Å². The summed E-state index contributed by atoms with van der Waals surface area (Å²) in [4.78, 5) is 14.7. The van der Waals surface area contributed by atoms with E-state index in [1.54, 1.807) is 0 Å². The number of amides is 1. The molecule has 4 heteroatoms. The highest BCUT2D eigenvalue weighted by Gasteiger charge is 2.12. The van der Waals surface area contributed by atoms with E-state index in [0.717, 1.165) is 18.7 Å². The first-order chi connectivity index (χ1) is 13.3. The summed E-state index contributed by atoms with van der Waals surface area (Å²) in [7, 11) is 0. The van der Waals surface area contributed by atoms with Crippen LogP contribution >= 0.6 is 0 Å². The lowest BCUT2D eigenvalue weighted by molar-refractivity contribution is -0.121. The maximum Gasteiger partial charge on any atom is 0.220 e. The fraction of sp³-hybridized carbons (Fsp3) is 0.435. The maximum absolute atomic E-state index is 12.2. The zero-order valence-corrected chi connectivity index (χ0v) is 16.0. The Hall–Kier alpha value is -2.33. The van der Waals surface area contributed by atoms with Gasteiger partial charge in [0.25, 0.3) is 0 Å². The highest BCUT2D eigenvalue weighted by atomic mass is 16.5. The van der Waals surface area contributed by atoms with Crippen LogP contribution in [0.5, 0.6) is 5.75 Å². The van der Waals surface area contributed by atoms with Gasteiger partial charge in [0, 0.05) is 19.5 Å². The van der Waals surface area contributed by atoms with Crippen LogP contribution in [0.2, 0.25) is 0 Å². The van der Waals surface area contributed by atoms with E-state index in [1.165, 1.54) is 43.5 Å². The largest absolute Gasteiger partial charge is 0.494 e. The molecule has 3 rings (SSSR count). The number of hydrogen-bond donors (Lipinski definition) is 1. The van der Waals surface area contributed by atoms with E-state index in [1.807, 2.05) is 30.3 Å². The van der Waals surface area contributed by atoms with Gasteiger partial charge in [-0.05, 0) is 55.6 Å². The first kappa shape index (κ1) is 19.4. The van der Waals surface area contributed by atoms with Crippen molar-refractivity contribution in [1.82, 2.24) is 10.2 Å². The maximum atomic E-state index is 12.2. The average molecular weight is 367 g/mol. The molecule has 0 saturated carbocycles. The van der Waals surface area contributed by atoms with E-state index in [9.17, 15) is 4.79 Å². The Balaban J connectivity index is 1.39. The summed E-state index contributed by atoms with van der Waals surface area (Å²) in [6.07, 6.45) is 5.15. The second kappa shape index (κ2) is 10.7. The van der Waals surface area contributed by atoms with Crippen molar-refractivity contribution in [3.8, 4) is 5.75 Å². The van der Waals surface area contributed by atoms with Gasteiger partial charge in [-0.3, -0.25) is 9.69 Å². The van der Waals surface area contributed by atoms with Crippen molar-refractivity contribution in [2.75, 3.05) is 19.7 Å². The summed E-state index contributed by atoms with van der Waals surface area (Å²) in [6, 6.07) is 18.2. The SMILES string of the molecule is O=C(CCCOc1ccccc1)NCc1ccccc1CN1CCCCC1. The molecule has 0 atom stereocenters. The van der Waals surface area contributed by atoms with E-state index in [0.29, 0.717) is 19.6 Å². The highest BCUT2D eigenvalue weighted by molar-refractivity contribution is 5.75. The molecule has 1 aliphatic heterocycles. The molecule has 0 bridgehead atoms. The molecule has 1 heterocycles. The van der Waals surface area contributed by atoms with Crippen molar-refractivity contribution in [1.29, 1.82) is 0 Å².